The van der Waals surface area contributed by atoms with E-state index in [4.69, 9.17) is 23.4 Å². The molecule has 5 fully saturated rings. The summed E-state index contributed by atoms with van der Waals surface area (Å²) < 4.78 is 30.2. The maximum absolute atomic E-state index is 10.8. The van der Waals surface area contributed by atoms with Crippen LogP contribution in [-0.2, 0) is 23.4 Å². The minimum atomic E-state index is -2.03. The lowest BCUT2D eigenvalue weighted by molar-refractivity contribution is -0.498. The van der Waals surface area contributed by atoms with Crippen LogP contribution in [0.1, 0.15) is 33.6 Å². The van der Waals surface area contributed by atoms with E-state index < -0.39 is 32.6 Å². The second-order valence-corrected chi connectivity index (χ2v) is 13.5. The summed E-state index contributed by atoms with van der Waals surface area (Å²) in [6, 6.07) is 0. The third-order valence-corrected chi connectivity index (χ3v) is 10.8. The average molecular weight is 344 g/mol. The maximum atomic E-state index is 10.8. The summed E-state index contributed by atoms with van der Waals surface area (Å²) in [5.41, 5.74) is -0.594. The van der Waals surface area contributed by atoms with Crippen LogP contribution >= 0.6 is 0 Å². The molecule has 7 heteroatoms. The van der Waals surface area contributed by atoms with Gasteiger partial charge in [0.2, 0.25) is 0 Å². The molecule has 7 atom stereocenters. The molecule has 5 rings (SSSR count). The summed E-state index contributed by atoms with van der Waals surface area (Å²) in [7, 11) is -2.03. The quantitative estimate of drug-likeness (QED) is 0.770. The molecular formula is C16H28O6Si. The van der Waals surface area contributed by atoms with Gasteiger partial charge in [0, 0.05) is 6.61 Å². The van der Waals surface area contributed by atoms with Crippen molar-refractivity contribution in [2.45, 2.75) is 94.3 Å². The third kappa shape index (κ3) is 2.21. The number of aliphatic hydroxyl groups excluding tert-OH is 1. The molecule has 1 N–H and O–H groups in total. The van der Waals surface area contributed by atoms with Crippen LogP contribution < -0.4 is 0 Å². The highest BCUT2D eigenvalue weighted by Gasteiger charge is 2.71. The van der Waals surface area contributed by atoms with Crippen molar-refractivity contribution in [1.29, 1.82) is 0 Å². The summed E-state index contributed by atoms with van der Waals surface area (Å²) in [6.45, 7) is 11.0. The summed E-state index contributed by atoms with van der Waals surface area (Å²) in [6.07, 6.45) is -0.274. The van der Waals surface area contributed by atoms with Crippen molar-refractivity contribution in [3.8, 4) is 0 Å². The van der Waals surface area contributed by atoms with Crippen molar-refractivity contribution in [2.75, 3.05) is 6.61 Å². The van der Waals surface area contributed by atoms with Crippen molar-refractivity contribution in [3.63, 3.8) is 0 Å². The SMILES string of the molecule is CC(C)(C)[Si](C)(C)OC1C2OC3OC(C2O)C2(CCCO2)C1O3. The molecule has 1 spiro atoms. The van der Waals surface area contributed by atoms with E-state index in [0.717, 1.165) is 12.8 Å². The molecule has 4 bridgehead atoms. The van der Waals surface area contributed by atoms with E-state index in [0.29, 0.717) is 6.61 Å². The van der Waals surface area contributed by atoms with E-state index in [1.165, 1.54) is 0 Å². The first-order chi connectivity index (χ1) is 10.7. The molecule has 0 aromatic heterocycles. The number of rotatable bonds is 2. The minimum absolute atomic E-state index is 0.0762. The van der Waals surface area contributed by atoms with E-state index in [-0.39, 0.29) is 23.4 Å². The Hall–Kier alpha value is -0.0231. The number of ether oxygens (including phenoxy) is 4. The predicted octanol–water partition coefficient (Wildman–Crippen LogP) is 1.77. The van der Waals surface area contributed by atoms with Gasteiger partial charge < -0.3 is 28.5 Å². The number of hydrogen-bond donors (Lipinski definition) is 1. The number of aliphatic hydroxyl groups is 1. The van der Waals surface area contributed by atoms with Crippen LogP contribution in [0.15, 0.2) is 0 Å². The molecule has 0 aromatic rings. The molecule has 7 unspecified atom stereocenters. The van der Waals surface area contributed by atoms with E-state index in [2.05, 4.69) is 33.9 Å². The fraction of sp³-hybridized carbons (Fsp3) is 1.00. The van der Waals surface area contributed by atoms with Crippen molar-refractivity contribution >= 4 is 8.32 Å². The Morgan fingerprint density at radius 2 is 1.83 bits per heavy atom. The molecule has 1 aliphatic carbocycles. The van der Waals surface area contributed by atoms with Crippen LogP contribution in [0.5, 0.6) is 0 Å². The Labute approximate surface area is 138 Å². The second kappa shape index (κ2) is 5.00. The second-order valence-electron chi connectivity index (χ2n) is 8.74. The van der Waals surface area contributed by atoms with Gasteiger partial charge in [-0.1, -0.05) is 20.8 Å². The summed E-state index contributed by atoms with van der Waals surface area (Å²) in [4.78, 5) is 0. The fourth-order valence-electron chi connectivity index (χ4n) is 4.06. The van der Waals surface area contributed by atoms with Gasteiger partial charge in [-0.2, -0.15) is 0 Å². The lowest BCUT2D eigenvalue weighted by atomic mass is 9.72. The van der Waals surface area contributed by atoms with E-state index in [1.807, 2.05) is 0 Å². The standard InChI is InChI=1S/C16H28O6Si/c1-15(2,3)23(4,5)22-11-10-9(17)12-16(7-6-8-18-16)13(11)21-14(19-10)20-12/h9-14,17H,6-8H2,1-5H3. The lowest BCUT2D eigenvalue weighted by Crippen LogP contribution is -2.81. The molecule has 0 radical (unpaired) electrons. The monoisotopic (exact) mass is 344 g/mol. The molecule has 6 nitrogen and oxygen atoms in total. The largest absolute Gasteiger partial charge is 0.408 e. The van der Waals surface area contributed by atoms with Crippen molar-refractivity contribution < 1.29 is 28.5 Å². The van der Waals surface area contributed by atoms with Gasteiger partial charge in [0.1, 0.15) is 36.1 Å². The summed E-state index contributed by atoms with van der Waals surface area (Å²) >= 11 is 0. The van der Waals surface area contributed by atoms with Gasteiger partial charge in [-0.3, -0.25) is 0 Å². The van der Waals surface area contributed by atoms with Crippen LogP contribution in [0.25, 0.3) is 0 Å². The van der Waals surface area contributed by atoms with Crippen molar-refractivity contribution in [2.24, 2.45) is 0 Å². The van der Waals surface area contributed by atoms with Gasteiger partial charge in [-0.25, -0.2) is 0 Å². The maximum Gasteiger partial charge on any atom is 0.273 e. The normalized spacial score (nSPS) is 49.3. The Kier molecular flexibility index (Phi) is 3.58. The van der Waals surface area contributed by atoms with E-state index in [9.17, 15) is 5.11 Å². The van der Waals surface area contributed by atoms with Crippen molar-refractivity contribution in [1.82, 2.24) is 0 Å². The lowest BCUT2D eigenvalue weighted by Gasteiger charge is -2.63. The Balaban J connectivity index is 1.67. The molecule has 4 aliphatic heterocycles. The predicted molar refractivity (Wildman–Crippen MR) is 84.4 cm³/mol. The highest BCUT2D eigenvalue weighted by molar-refractivity contribution is 6.74. The highest BCUT2D eigenvalue weighted by Crippen LogP contribution is 2.53. The first-order valence-corrected chi connectivity index (χ1v) is 11.5. The molecule has 4 heterocycles. The molecule has 1 saturated carbocycles. The van der Waals surface area contributed by atoms with Crippen molar-refractivity contribution in [3.05, 3.63) is 0 Å². The Morgan fingerprint density at radius 3 is 2.43 bits per heavy atom. The molecule has 4 saturated heterocycles. The van der Waals surface area contributed by atoms with Crippen LogP contribution in [-0.4, -0.2) is 62.6 Å². The van der Waals surface area contributed by atoms with Gasteiger partial charge in [0.15, 0.2) is 8.32 Å². The molecule has 23 heavy (non-hydrogen) atoms. The Bertz CT molecular complexity index is 483. The Morgan fingerprint density at radius 1 is 1.13 bits per heavy atom. The molecule has 5 aliphatic rings. The number of hydrogen-bond acceptors (Lipinski definition) is 6. The zero-order valence-electron chi connectivity index (χ0n) is 14.6. The topological polar surface area (TPSA) is 66.4 Å². The van der Waals surface area contributed by atoms with Crippen LogP contribution in [0, 0.1) is 0 Å². The smallest absolute Gasteiger partial charge is 0.273 e. The molecule has 132 valence electrons. The van der Waals surface area contributed by atoms with Crippen LogP contribution in [0.3, 0.4) is 0 Å². The molecule has 0 amide bonds. The molecular weight excluding hydrogens is 316 g/mol. The average Bonchev–Trinajstić information content (AvgIpc) is 2.92. The first kappa shape index (κ1) is 16.4. The zero-order chi connectivity index (χ0) is 16.6. The third-order valence-electron chi connectivity index (χ3n) is 6.34. The highest BCUT2D eigenvalue weighted by atomic mass is 28.4. The minimum Gasteiger partial charge on any atom is -0.408 e. The van der Waals surface area contributed by atoms with Crippen LogP contribution in [0.4, 0.5) is 0 Å². The van der Waals surface area contributed by atoms with Gasteiger partial charge in [-0.05, 0) is 31.0 Å². The van der Waals surface area contributed by atoms with Gasteiger partial charge in [-0.15, -0.1) is 0 Å². The molecule has 0 aromatic carbocycles. The fourth-order valence-corrected chi connectivity index (χ4v) is 5.35. The van der Waals surface area contributed by atoms with Gasteiger partial charge >= 0.3 is 0 Å². The van der Waals surface area contributed by atoms with E-state index >= 15 is 0 Å². The van der Waals surface area contributed by atoms with Gasteiger partial charge in [0.25, 0.3) is 6.48 Å². The summed E-state index contributed by atoms with van der Waals surface area (Å²) in [5.74, 6) is 0. The van der Waals surface area contributed by atoms with Crippen LogP contribution in [0.2, 0.25) is 18.1 Å². The zero-order valence-corrected chi connectivity index (χ0v) is 15.6. The van der Waals surface area contributed by atoms with Gasteiger partial charge in [0.05, 0.1) is 0 Å². The van der Waals surface area contributed by atoms with E-state index in [1.54, 1.807) is 0 Å². The first-order valence-electron chi connectivity index (χ1n) is 8.62. The summed E-state index contributed by atoms with van der Waals surface area (Å²) in [5, 5.41) is 10.8.